The first kappa shape index (κ1) is 12.8. The molecule has 0 aromatic rings. The number of hydrogen-bond donors (Lipinski definition) is 0. The predicted molar refractivity (Wildman–Crippen MR) is 57.8 cm³/mol. The van der Waals surface area contributed by atoms with Gasteiger partial charge in [0.25, 0.3) is 0 Å². The van der Waals surface area contributed by atoms with E-state index >= 15 is 0 Å². The molecule has 1 heteroatoms. The van der Waals surface area contributed by atoms with Crippen molar-refractivity contribution >= 4 is 22.5 Å². The zero-order chi connectivity index (χ0) is 9.23. The van der Waals surface area contributed by atoms with E-state index in [1.165, 1.54) is 51.4 Å². The fraction of sp³-hybridized carbons (Fsp3) is 1.00. The van der Waals surface area contributed by atoms with Gasteiger partial charge in [0.15, 0.2) is 0 Å². The van der Waals surface area contributed by atoms with Gasteiger partial charge >= 0.3 is 91.7 Å². The van der Waals surface area contributed by atoms with E-state index in [0.29, 0.717) is 0 Å². The Morgan fingerprint density at radius 1 is 0.833 bits per heavy atom. The van der Waals surface area contributed by atoms with Crippen LogP contribution < -0.4 is 0 Å². The van der Waals surface area contributed by atoms with Crippen molar-refractivity contribution in [2.45, 2.75) is 69.1 Å². The summed E-state index contributed by atoms with van der Waals surface area (Å²) in [5, 5.41) is 0. The first-order valence-electron chi connectivity index (χ1n) is 5.52. The van der Waals surface area contributed by atoms with Crippen LogP contribution >= 0.6 is 0 Å². The van der Waals surface area contributed by atoms with Gasteiger partial charge in [0.1, 0.15) is 0 Å². The quantitative estimate of drug-likeness (QED) is 0.461. The van der Waals surface area contributed by atoms with Gasteiger partial charge in [-0.3, -0.25) is 0 Å². The molecule has 0 nitrogen and oxygen atoms in total. The fourth-order valence-electron chi connectivity index (χ4n) is 1.43. The van der Waals surface area contributed by atoms with E-state index in [9.17, 15) is 0 Å². The molecule has 68 valence electrons. The van der Waals surface area contributed by atoms with E-state index in [1.54, 1.807) is 22.5 Å². The minimum atomic E-state index is 1.07. The van der Waals surface area contributed by atoms with Crippen LogP contribution in [0.15, 0.2) is 0 Å². The first-order chi connectivity index (χ1) is 5.81. The molecule has 0 atom stereocenters. The predicted octanol–water partition coefficient (Wildman–Crippen LogP) is 4.10. The Morgan fingerprint density at radius 3 is 1.58 bits per heavy atom. The van der Waals surface area contributed by atoms with Crippen molar-refractivity contribution in [3.63, 3.8) is 0 Å². The average molecular weight is 274 g/mol. The Kier molecular flexibility index (Phi) is 10.5. The van der Waals surface area contributed by atoms with Crippen molar-refractivity contribution in [2.75, 3.05) is 0 Å². The van der Waals surface area contributed by atoms with Crippen LogP contribution in [0.5, 0.6) is 0 Å². The summed E-state index contributed by atoms with van der Waals surface area (Å²) in [6.07, 6.45) is 11.6. The van der Waals surface area contributed by atoms with Crippen molar-refractivity contribution in [3.05, 3.63) is 0 Å². The minimum absolute atomic E-state index is 1.07. The van der Waals surface area contributed by atoms with Crippen LogP contribution in [0.2, 0.25) is 3.93 Å². The van der Waals surface area contributed by atoms with Gasteiger partial charge in [-0.25, -0.2) is 0 Å². The molecular weight excluding hydrogens is 251 g/mol. The van der Waals surface area contributed by atoms with Crippen LogP contribution in [-0.4, -0.2) is 22.5 Å². The van der Waals surface area contributed by atoms with E-state index in [2.05, 4.69) is 13.8 Å². The van der Waals surface area contributed by atoms with Gasteiger partial charge in [-0.15, -0.1) is 0 Å². The van der Waals surface area contributed by atoms with Crippen LogP contribution in [0, 0.1) is 0 Å². The molecule has 0 aliphatic rings. The van der Waals surface area contributed by atoms with Crippen molar-refractivity contribution in [1.29, 1.82) is 0 Å². The SMILES string of the molecule is CCCCC[CH]([Sn+3])CCCCC. The average Bonchev–Trinajstić information content (AvgIpc) is 2.06. The van der Waals surface area contributed by atoms with Gasteiger partial charge in [0.05, 0.1) is 0 Å². The first-order valence-corrected chi connectivity index (χ1v) is 7.17. The summed E-state index contributed by atoms with van der Waals surface area (Å²) in [5.74, 6) is 0. The molecule has 0 aromatic carbocycles. The van der Waals surface area contributed by atoms with Crippen molar-refractivity contribution < 1.29 is 0 Å². The standard InChI is InChI=1S/C11H23.Sn/c1-3-5-7-9-11-10-8-6-4-2;/h11H,3-10H2,1-2H3;/q;+3. The van der Waals surface area contributed by atoms with E-state index in [-0.39, 0.29) is 0 Å². The molecular formula is C11H23Sn+3. The van der Waals surface area contributed by atoms with Gasteiger partial charge < -0.3 is 0 Å². The molecule has 0 N–H and O–H groups in total. The summed E-state index contributed by atoms with van der Waals surface area (Å²) in [6.45, 7) is 4.57. The Balaban J connectivity index is 3.04. The molecule has 0 bridgehead atoms. The van der Waals surface area contributed by atoms with Crippen LogP contribution in [0.1, 0.15) is 65.2 Å². The molecule has 0 fully saturated rings. The van der Waals surface area contributed by atoms with Crippen molar-refractivity contribution in [3.8, 4) is 0 Å². The normalized spacial score (nSPS) is 11.1. The summed E-state index contributed by atoms with van der Waals surface area (Å²) in [7, 11) is 0. The number of hydrogen-bond acceptors (Lipinski definition) is 0. The Bertz CT molecular complexity index is 71.1. The second-order valence-electron chi connectivity index (χ2n) is 3.69. The van der Waals surface area contributed by atoms with Gasteiger partial charge in [-0.2, -0.15) is 0 Å². The van der Waals surface area contributed by atoms with Gasteiger partial charge in [0.2, 0.25) is 0 Å². The monoisotopic (exact) mass is 275 g/mol. The molecule has 0 rings (SSSR count). The molecule has 0 saturated heterocycles. The van der Waals surface area contributed by atoms with Crippen molar-refractivity contribution in [1.82, 2.24) is 0 Å². The summed E-state index contributed by atoms with van der Waals surface area (Å²) >= 11 is 1.77. The third-order valence-electron chi connectivity index (χ3n) is 2.31. The van der Waals surface area contributed by atoms with Crippen LogP contribution in [-0.2, 0) is 0 Å². The zero-order valence-corrected chi connectivity index (χ0v) is 11.6. The summed E-state index contributed by atoms with van der Waals surface area (Å²) in [5.41, 5.74) is 0. The second-order valence-corrected chi connectivity index (χ2v) is 6.02. The zero-order valence-electron chi connectivity index (χ0n) is 8.73. The van der Waals surface area contributed by atoms with Crippen molar-refractivity contribution in [2.24, 2.45) is 0 Å². The van der Waals surface area contributed by atoms with Gasteiger partial charge in [0, 0.05) is 0 Å². The Morgan fingerprint density at radius 2 is 1.25 bits per heavy atom. The molecule has 0 aromatic heterocycles. The molecule has 0 radical (unpaired) electrons. The third-order valence-corrected chi connectivity index (χ3v) is 3.96. The van der Waals surface area contributed by atoms with E-state index in [0.717, 1.165) is 3.93 Å². The summed E-state index contributed by atoms with van der Waals surface area (Å²) in [6, 6.07) is 0. The molecule has 12 heavy (non-hydrogen) atoms. The molecule has 0 heterocycles. The van der Waals surface area contributed by atoms with Crippen LogP contribution in [0.3, 0.4) is 0 Å². The molecule has 0 aliphatic heterocycles. The Hall–Kier alpha value is 0.799. The fourth-order valence-corrected chi connectivity index (χ4v) is 2.59. The van der Waals surface area contributed by atoms with E-state index in [4.69, 9.17) is 0 Å². The van der Waals surface area contributed by atoms with E-state index in [1.807, 2.05) is 0 Å². The molecule has 0 spiro atoms. The second kappa shape index (κ2) is 9.88. The van der Waals surface area contributed by atoms with Crippen LogP contribution in [0.25, 0.3) is 0 Å². The van der Waals surface area contributed by atoms with Gasteiger partial charge in [-0.05, 0) is 0 Å². The molecule has 0 saturated carbocycles. The molecule has 0 amide bonds. The molecule has 0 aliphatic carbocycles. The summed E-state index contributed by atoms with van der Waals surface area (Å²) < 4.78 is 1.07. The topological polar surface area (TPSA) is 0 Å². The van der Waals surface area contributed by atoms with Crippen LogP contribution in [0.4, 0.5) is 0 Å². The van der Waals surface area contributed by atoms with Gasteiger partial charge in [-0.1, -0.05) is 0 Å². The maximum atomic E-state index is 2.29. The third kappa shape index (κ3) is 8.89. The number of unbranched alkanes of at least 4 members (excludes halogenated alkanes) is 4. The Labute approximate surface area is 91.6 Å². The molecule has 0 unspecified atom stereocenters. The number of rotatable bonds is 8. The maximum absolute atomic E-state index is 2.29. The van der Waals surface area contributed by atoms with E-state index < -0.39 is 0 Å². The summed E-state index contributed by atoms with van der Waals surface area (Å²) in [4.78, 5) is 0.